The van der Waals surface area contributed by atoms with E-state index in [9.17, 15) is 0 Å². The van der Waals surface area contributed by atoms with Crippen LogP contribution in [-0.2, 0) is 4.74 Å². The highest BCUT2D eigenvalue weighted by Gasteiger charge is 2.29. The van der Waals surface area contributed by atoms with Crippen molar-refractivity contribution in [3.63, 3.8) is 0 Å². The fraction of sp³-hybridized carbons (Fsp3) is 0.586. The third kappa shape index (κ3) is 6.08. The highest BCUT2D eigenvalue weighted by molar-refractivity contribution is 6.17. The van der Waals surface area contributed by atoms with Gasteiger partial charge in [0.15, 0.2) is 0 Å². The van der Waals surface area contributed by atoms with Crippen molar-refractivity contribution in [1.82, 2.24) is 0 Å². The number of methoxy groups -OCH3 is 1. The molecule has 2 nitrogen and oxygen atoms in total. The zero-order valence-corrected chi connectivity index (χ0v) is 20.5. The summed E-state index contributed by atoms with van der Waals surface area (Å²) in [6, 6.07) is 17.9. The topological polar surface area (TPSA) is 18.5 Å². The van der Waals surface area contributed by atoms with Crippen LogP contribution in [0.3, 0.4) is 0 Å². The van der Waals surface area contributed by atoms with Gasteiger partial charge in [-0.05, 0) is 99.7 Å². The van der Waals surface area contributed by atoms with Crippen molar-refractivity contribution in [3.8, 4) is 5.75 Å². The predicted molar refractivity (Wildman–Crippen MR) is 134 cm³/mol. The van der Waals surface area contributed by atoms with E-state index >= 15 is 0 Å². The SMILES string of the molecule is COC1CCC(Oc2ccccc2C2CCC(c3cccc(C)c3)CC2)CC(CCCl)C1. The van der Waals surface area contributed by atoms with Crippen LogP contribution in [-0.4, -0.2) is 25.2 Å². The molecule has 2 aliphatic rings. The molecule has 2 aromatic carbocycles. The standard InChI is InChI=1S/C29H39ClO2/c1-21-6-5-7-25(18-21)23-10-12-24(13-11-23)28-8-3-4-9-29(28)32-27-15-14-26(31-2)19-22(20-27)16-17-30/h3-9,18,22-24,26-27H,10-17,19-20H2,1-2H3. The van der Waals surface area contributed by atoms with Gasteiger partial charge in [-0.25, -0.2) is 0 Å². The molecule has 2 saturated carbocycles. The molecule has 3 atom stereocenters. The number of benzene rings is 2. The van der Waals surface area contributed by atoms with Crippen LogP contribution in [0.25, 0.3) is 0 Å². The van der Waals surface area contributed by atoms with Gasteiger partial charge in [0, 0.05) is 13.0 Å². The first-order chi connectivity index (χ1) is 15.7. The molecule has 0 spiro atoms. The molecule has 3 heteroatoms. The lowest BCUT2D eigenvalue weighted by Gasteiger charge is -2.31. The second-order valence-electron chi connectivity index (χ2n) is 9.99. The van der Waals surface area contributed by atoms with Gasteiger partial charge in [0.2, 0.25) is 0 Å². The van der Waals surface area contributed by atoms with Crippen LogP contribution in [0, 0.1) is 12.8 Å². The van der Waals surface area contributed by atoms with Crippen LogP contribution in [0.2, 0.25) is 0 Å². The van der Waals surface area contributed by atoms with Crippen LogP contribution < -0.4 is 4.74 Å². The van der Waals surface area contributed by atoms with Gasteiger partial charge in [-0.2, -0.15) is 0 Å². The number of aryl methyl sites for hydroxylation is 1. The Bertz CT molecular complexity index is 843. The molecule has 0 radical (unpaired) electrons. The average Bonchev–Trinajstić information content (AvgIpc) is 3.01. The van der Waals surface area contributed by atoms with E-state index in [1.807, 2.05) is 7.11 Å². The molecule has 0 N–H and O–H groups in total. The summed E-state index contributed by atoms with van der Waals surface area (Å²) < 4.78 is 12.4. The fourth-order valence-corrected chi connectivity index (χ4v) is 6.23. The largest absolute Gasteiger partial charge is 0.490 e. The van der Waals surface area contributed by atoms with Gasteiger partial charge in [-0.3, -0.25) is 0 Å². The summed E-state index contributed by atoms with van der Waals surface area (Å²) in [6.45, 7) is 2.20. The first-order valence-corrected chi connectivity index (χ1v) is 13.1. The second-order valence-corrected chi connectivity index (χ2v) is 10.4. The first kappa shape index (κ1) is 23.6. The number of rotatable bonds is 7. The molecule has 0 heterocycles. The van der Waals surface area contributed by atoms with Gasteiger partial charge < -0.3 is 9.47 Å². The fourth-order valence-electron chi connectivity index (χ4n) is 5.92. The van der Waals surface area contributed by atoms with E-state index in [1.165, 1.54) is 42.4 Å². The highest BCUT2D eigenvalue weighted by Crippen LogP contribution is 2.43. The molecular weight excluding hydrogens is 416 g/mol. The average molecular weight is 455 g/mol. The number of para-hydroxylation sites is 1. The third-order valence-corrected chi connectivity index (χ3v) is 7.97. The predicted octanol–water partition coefficient (Wildman–Crippen LogP) is 8.02. The van der Waals surface area contributed by atoms with Gasteiger partial charge in [0.25, 0.3) is 0 Å². The van der Waals surface area contributed by atoms with E-state index in [-0.39, 0.29) is 6.10 Å². The number of halogens is 1. The molecule has 2 aliphatic carbocycles. The van der Waals surface area contributed by atoms with E-state index in [0.29, 0.717) is 29.7 Å². The lowest BCUT2D eigenvalue weighted by Crippen LogP contribution is -2.21. The zero-order chi connectivity index (χ0) is 22.3. The summed E-state index contributed by atoms with van der Waals surface area (Å²) in [5.41, 5.74) is 4.30. The van der Waals surface area contributed by atoms with Crippen molar-refractivity contribution in [3.05, 3.63) is 65.2 Å². The van der Waals surface area contributed by atoms with Gasteiger partial charge in [-0.15, -0.1) is 11.6 Å². The third-order valence-electron chi connectivity index (χ3n) is 7.75. The second kappa shape index (κ2) is 11.6. The van der Waals surface area contributed by atoms with E-state index in [2.05, 4.69) is 55.5 Å². The Morgan fingerprint density at radius 2 is 1.56 bits per heavy atom. The highest BCUT2D eigenvalue weighted by atomic mass is 35.5. The molecule has 2 fully saturated rings. The van der Waals surface area contributed by atoms with Crippen molar-refractivity contribution in [2.45, 2.75) is 88.8 Å². The Balaban J connectivity index is 1.42. The lowest BCUT2D eigenvalue weighted by molar-refractivity contribution is 0.0778. The molecule has 4 rings (SSSR count). The molecule has 0 aliphatic heterocycles. The Labute approximate surface area is 199 Å². The van der Waals surface area contributed by atoms with Crippen LogP contribution in [0.15, 0.2) is 48.5 Å². The molecule has 0 amide bonds. The summed E-state index contributed by atoms with van der Waals surface area (Å²) in [5, 5.41) is 0. The summed E-state index contributed by atoms with van der Waals surface area (Å²) in [5.74, 6) is 3.71. The first-order valence-electron chi connectivity index (χ1n) is 12.6. The van der Waals surface area contributed by atoms with E-state index in [0.717, 1.165) is 37.9 Å². The Morgan fingerprint density at radius 3 is 2.31 bits per heavy atom. The monoisotopic (exact) mass is 454 g/mol. The number of hydrogen-bond donors (Lipinski definition) is 0. The van der Waals surface area contributed by atoms with Gasteiger partial charge in [-0.1, -0.05) is 48.0 Å². The van der Waals surface area contributed by atoms with Crippen molar-refractivity contribution in [2.24, 2.45) is 5.92 Å². The summed E-state index contributed by atoms with van der Waals surface area (Å²) in [6.07, 6.45) is 11.0. The molecule has 174 valence electrons. The van der Waals surface area contributed by atoms with E-state index in [4.69, 9.17) is 21.1 Å². The molecule has 0 saturated heterocycles. The minimum absolute atomic E-state index is 0.258. The molecule has 0 aromatic heterocycles. The summed E-state index contributed by atoms with van der Waals surface area (Å²) >= 11 is 6.10. The van der Waals surface area contributed by atoms with Crippen molar-refractivity contribution >= 4 is 11.6 Å². The number of ether oxygens (including phenoxy) is 2. The zero-order valence-electron chi connectivity index (χ0n) is 19.8. The van der Waals surface area contributed by atoms with Crippen molar-refractivity contribution in [1.29, 1.82) is 0 Å². The normalized spacial score (nSPS) is 28.8. The van der Waals surface area contributed by atoms with E-state index in [1.54, 1.807) is 0 Å². The quantitative estimate of drug-likeness (QED) is 0.311. The summed E-state index contributed by atoms with van der Waals surface area (Å²) in [7, 11) is 1.84. The van der Waals surface area contributed by atoms with Gasteiger partial charge in [0.05, 0.1) is 12.2 Å². The maximum atomic E-state index is 6.72. The lowest BCUT2D eigenvalue weighted by atomic mass is 9.76. The Hall–Kier alpha value is -1.51. The maximum Gasteiger partial charge on any atom is 0.123 e. The van der Waals surface area contributed by atoms with E-state index < -0.39 is 0 Å². The van der Waals surface area contributed by atoms with Gasteiger partial charge >= 0.3 is 0 Å². The van der Waals surface area contributed by atoms with Crippen molar-refractivity contribution in [2.75, 3.05) is 13.0 Å². The van der Waals surface area contributed by atoms with Crippen LogP contribution in [0.1, 0.15) is 86.3 Å². The minimum Gasteiger partial charge on any atom is -0.490 e. The smallest absolute Gasteiger partial charge is 0.123 e. The Morgan fingerprint density at radius 1 is 0.844 bits per heavy atom. The van der Waals surface area contributed by atoms with Crippen LogP contribution in [0.5, 0.6) is 5.75 Å². The van der Waals surface area contributed by atoms with Crippen LogP contribution >= 0.6 is 11.6 Å². The molecular formula is C29H39ClO2. The molecule has 0 bridgehead atoms. The maximum absolute atomic E-state index is 6.72. The van der Waals surface area contributed by atoms with Crippen molar-refractivity contribution < 1.29 is 9.47 Å². The molecule has 3 unspecified atom stereocenters. The van der Waals surface area contributed by atoms with Gasteiger partial charge in [0.1, 0.15) is 5.75 Å². The minimum atomic E-state index is 0.258. The number of alkyl halides is 1. The number of hydrogen-bond acceptors (Lipinski definition) is 2. The molecule has 2 aromatic rings. The summed E-state index contributed by atoms with van der Waals surface area (Å²) in [4.78, 5) is 0. The Kier molecular flexibility index (Phi) is 8.55. The van der Waals surface area contributed by atoms with Crippen LogP contribution in [0.4, 0.5) is 0 Å². The molecule has 32 heavy (non-hydrogen) atoms.